The molecule has 0 spiro atoms. The fourth-order valence-corrected chi connectivity index (χ4v) is 1.96. The second-order valence-electron chi connectivity index (χ2n) is 4.37. The third-order valence-electron chi connectivity index (χ3n) is 2.90. The van der Waals surface area contributed by atoms with Gasteiger partial charge in [-0.25, -0.2) is 9.37 Å². The normalized spacial score (nSPS) is 10.6. The Morgan fingerprint density at radius 2 is 2.26 bits per heavy atom. The number of ketones is 1. The largest absolute Gasteiger partial charge is 0.398 e. The number of anilines is 1. The van der Waals surface area contributed by atoms with E-state index in [9.17, 15) is 9.18 Å². The molecule has 0 aliphatic rings. The lowest BCUT2D eigenvalue weighted by molar-refractivity contribution is 0.0990. The first-order valence-corrected chi connectivity index (χ1v) is 6.20. The number of nitrogen functional groups attached to an aromatic ring is 1. The van der Waals surface area contributed by atoms with E-state index in [2.05, 4.69) is 11.9 Å². The van der Waals surface area contributed by atoms with Crippen LogP contribution in [0.3, 0.4) is 0 Å². The molecule has 2 N–H and O–H groups in total. The van der Waals surface area contributed by atoms with Gasteiger partial charge in [0.15, 0.2) is 5.78 Å². The van der Waals surface area contributed by atoms with Crippen molar-refractivity contribution in [3.05, 3.63) is 47.8 Å². The van der Waals surface area contributed by atoms with Gasteiger partial charge in [0.1, 0.15) is 11.6 Å². The fraction of sp³-hybridized carbons (Fsp3) is 0.286. The summed E-state index contributed by atoms with van der Waals surface area (Å²) in [6.07, 6.45) is 4.58. The van der Waals surface area contributed by atoms with E-state index in [0.29, 0.717) is 11.5 Å². The summed E-state index contributed by atoms with van der Waals surface area (Å²) < 4.78 is 15.1. The summed E-state index contributed by atoms with van der Waals surface area (Å²) in [4.78, 5) is 16.3. The number of benzene rings is 1. The zero-order valence-corrected chi connectivity index (χ0v) is 10.8. The molecule has 0 aliphatic heterocycles. The summed E-state index contributed by atoms with van der Waals surface area (Å²) in [5.74, 6) is -0.00878. The first kappa shape index (κ1) is 13.3. The minimum Gasteiger partial charge on any atom is -0.398 e. The van der Waals surface area contributed by atoms with Gasteiger partial charge in [0, 0.05) is 30.2 Å². The summed E-state index contributed by atoms with van der Waals surface area (Å²) in [7, 11) is 0. The molecule has 2 rings (SSSR count). The van der Waals surface area contributed by atoms with Crippen molar-refractivity contribution < 1.29 is 9.18 Å². The smallest absolute Gasteiger partial charge is 0.172 e. The molecule has 1 aromatic carbocycles. The van der Waals surface area contributed by atoms with Crippen LogP contribution in [0.5, 0.6) is 0 Å². The molecule has 0 fully saturated rings. The van der Waals surface area contributed by atoms with E-state index >= 15 is 0 Å². The molecule has 1 aromatic heterocycles. The molecule has 1 heterocycles. The van der Waals surface area contributed by atoms with E-state index in [4.69, 9.17) is 5.73 Å². The van der Waals surface area contributed by atoms with Crippen molar-refractivity contribution in [2.75, 3.05) is 5.73 Å². The number of Topliss-reactive ketones (excluding diaryl/α,β-unsaturated/α-hetero) is 1. The number of aryl methyl sites for hydroxylation is 1. The zero-order chi connectivity index (χ0) is 13.8. The Balaban J connectivity index is 2.21. The molecule has 0 atom stereocenters. The van der Waals surface area contributed by atoms with E-state index in [-0.39, 0.29) is 17.8 Å². The van der Waals surface area contributed by atoms with Gasteiger partial charge < -0.3 is 10.3 Å². The Bertz CT molecular complexity index is 592. The molecule has 0 saturated heterocycles. The van der Waals surface area contributed by atoms with Crippen LogP contribution < -0.4 is 5.73 Å². The third kappa shape index (κ3) is 2.99. The molecular weight excluding hydrogens is 245 g/mol. The Morgan fingerprint density at radius 3 is 3.00 bits per heavy atom. The predicted octanol–water partition coefficient (Wildman–Crippen LogP) is 2.44. The van der Waals surface area contributed by atoms with Crippen LogP contribution in [-0.4, -0.2) is 15.3 Å². The average molecular weight is 261 g/mol. The van der Waals surface area contributed by atoms with Gasteiger partial charge in [-0.15, -0.1) is 0 Å². The van der Waals surface area contributed by atoms with Gasteiger partial charge in [-0.3, -0.25) is 4.79 Å². The molecule has 4 nitrogen and oxygen atoms in total. The molecule has 0 bridgehead atoms. The van der Waals surface area contributed by atoms with Gasteiger partial charge in [0.2, 0.25) is 0 Å². The Morgan fingerprint density at radius 1 is 1.47 bits per heavy atom. The molecule has 0 amide bonds. The number of nitrogens with two attached hydrogens (primary N) is 1. The number of imidazole rings is 1. The Labute approximate surface area is 111 Å². The number of hydrogen-bond donors (Lipinski definition) is 1. The molecule has 2 aromatic rings. The number of carbonyl (C=O) groups excluding carboxylic acids is 1. The first-order valence-electron chi connectivity index (χ1n) is 6.20. The van der Waals surface area contributed by atoms with Crippen molar-refractivity contribution in [3.8, 4) is 0 Å². The van der Waals surface area contributed by atoms with Crippen molar-refractivity contribution in [2.45, 2.75) is 26.3 Å². The molecule has 5 heteroatoms. The van der Waals surface area contributed by atoms with Crippen LogP contribution >= 0.6 is 0 Å². The molecule has 0 unspecified atom stereocenters. The van der Waals surface area contributed by atoms with Gasteiger partial charge >= 0.3 is 0 Å². The molecule has 0 saturated carbocycles. The standard InChI is InChI=1S/C14H16FN3O/c1-2-6-18-7-5-17-14(18)9-13(19)11-8-10(15)3-4-12(11)16/h3-5,7-8H,2,6,9,16H2,1H3. The van der Waals surface area contributed by atoms with Crippen LogP contribution in [0.2, 0.25) is 0 Å². The summed E-state index contributed by atoms with van der Waals surface area (Å²) in [5.41, 5.74) is 6.21. The topological polar surface area (TPSA) is 60.9 Å². The minimum atomic E-state index is -0.463. The minimum absolute atomic E-state index is 0.126. The van der Waals surface area contributed by atoms with Gasteiger partial charge in [0.05, 0.1) is 6.42 Å². The first-order chi connectivity index (χ1) is 9.11. The van der Waals surface area contributed by atoms with Gasteiger partial charge in [-0.05, 0) is 24.6 Å². The van der Waals surface area contributed by atoms with Crippen molar-refractivity contribution >= 4 is 11.5 Å². The fourth-order valence-electron chi connectivity index (χ4n) is 1.96. The highest BCUT2D eigenvalue weighted by Gasteiger charge is 2.14. The van der Waals surface area contributed by atoms with Crippen LogP contribution in [0.15, 0.2) is 30.6 Å². The Hall–Kier alpha value is -2.17. The van der Waals surface area contributed by atoms with Crippen LogP contribution in [0.1, 0.15) is 29.5 Å². The molecular formula is C14H16FN3O. The van der Waals surface area contributed by atoms with Crippen LogP contribution in [0.4, 0.5) is 10.1 Å². The van der Waals surface area contributed by atoms with E-state index in [0.717, 1.165) is 13.0 Å². The van der Waals surface area contributed by atoms with Crippen molar-refractivity contribution in [1.82, 2.24) is 9.55 Å². The summed E-state index contributed by atoms with van der Waals surface area (Å²) in [6, 6.07) is 3.82. The maximum atomic E-state index is 13.2. The van der Waals surface area contributed by atoms with Crippen molar-refractivity contribution in [1.29, 1.82) is 0 Å². The molecule has 100 valence electrons. The quantitative estimate of drug-likeness (QED) is 0.664. The second kappa shape index (κ2) is 5.65. The van der Waals surface area contributed by atoms with Gasteiger partial charge in [-0.2, -0.15) is 0 Å². The summed E-state index contributed by atoms with van der Waals surface area (Å²) >= 11 is 0. The van der Waals surface area contributed by atoms with E-state index in [1.807, 2.05) is 10.8 Å². The average Bonchev–Trinajstić information content (AvgIpc) is 2.80. The van der Waals surface area contributed by atoms with Gasteiger partial charge in [-0.1, -0.05) is 6.92 Å². The number of hydrogen-bond acceptors (Lipinski definition) is 3. The molecule has 0 aliphatic carbocycles. The lowest BCUT2D eigenvalue weighted by Gasteiger charge is -2.07. The van der Waals surface area contributed by atoms with E-state index in [1.165, 1.54) is 18.2 Å². The highest BCUT2D eigenvalue weighted by Crippen LogP contribution is 2.16. The summed E-state index contributed by atoms with van der Waals surface area (Å²) in [5, 5.41) is 0. The SMILES string of the molecule is CCCn1ccnc1CC(=O)c1cc(F)ccc1N. The second-order valence-corrected chi connectivity index (χ2v) is 4.37. The van der Waals surface area contributed by atoms with Gasteiger partial charge in [0.25, 0.3) is 0 Å². The molecule has 19 heavy (non-hydrogen) atoms. The van der Waals surface area contributed by atoms with Crippen molar-refractivity contribution in [3.63, 3.8) is 0 Å². The predicted molar refractivity (Wildman–Crippen MR) is 71.4 cm³/mol. The summed E-state index contributed by atoms with van der Waals surface area (Å²) in [6.45, 7) is 2.86. The number of rotatable bonds is 5. The maximum absolute atomic E-state index is 13.2. The lowest BCUT2D eigenvalue weighted by atomic mass is 10.1. The monoisotopic (exact) mass is 261 g/mol. The zero-order valence-electron chi connectivity index (χ0n) is 10.8. The number of nitrogens with zero attached hydrogens (tertiary/aromatic N) is 2. The lowest BCUT2D eigenvalue weighted by Crippen LogP contribution is -2.12. The maximum Gasteiger partial charge on any atom is 0.172 e. The molecule has 0 radical (unpaired) electrons. The van der Waals surface area contributed by atoms with Crippen LogP contribution in [0, 0.1) is 5.82 Å². The van der Waals surface area contributed by atoms with E-state index < -0.39 is 5.82 Å². The van der Waals surface area contributed by atoms with E-state index in [1.54, 1.807) is 6.20 Å². The van der Waals surface area contributed by atoms with Crippen LogP contribution in [-0.2, 0) is 13.0 Å². The number of halogens is 1. The third-order valence-corrected chi connectivity index (χ3v) is 2.90. The van der Waals surface area contributed by atoms with Crippen LogP contribution in [0.25, 0.3) is 0 Å². The highest BCUT2D eigenvalue weighted by atomic mass is 19.1. The van der Waals surface area contributed by atoms with Crippen molar-refractivity contribution in [2.24, 2.45) is 0 Å². The number of aromatic nitrogens is 2. The Kier molecular flexibility index (Phi) is 3.94. The highest BCUT2D eigenvalue weighted by molar-refractivity contribution is 6.01. The number of carbonyl (C=O) groups is 1.